The zero-order valence-corrected chi connectivity index (χ0v) is 41.3. The van der Waals surface area contributed by atoms with Gasteiger partial charge in [-0.2, -0.15) is 0 Å². The molecule has 0 heterocycles. The molecular weight excluding hydrogens is 729 g/mol. The Bertz CT molecular complexity index is 1390. The second-order valence-corrected chi connectivity index (χ2v) is 40.9. The van der Waals surface area contributed by atoms with Gasteiger partial charge in [0.1, 0.15) is 24.1 Å². The van der Waals surface area contributed by atoms with Crippen molar-refractivity contribution in [1.29, 1.82) is 0 Å². The highest BCUT2D eigenvalue weighted by Crippen LogP contribution is 2.46. The first-order valence-electron chi connectivity index (χ1n) is 18.3. The van der Waals surface area contributed by atoms with Gasteiger partial charge in [-0.15, -0.1) is 0 Å². The van der Waals surface area contributed by atoms with E-state index >= 15 is 0 Å². The lowest BCUT2D eigenvalue weighted by Crippen LogP contribution is -2.62. The number of hydrogen-bond acceptors (Lipinski definition) is 8. The lowest BCUT2D eigenvalue weighted by molar-refractivity contribution is -0.193. The molecular formula is C38H76O8SSi4. The molecule has 298 valence electrons. The van der Waals surface area contributed by atoms with E-state index in [1.54, 1.807) is 44.6 Å². The summed E-state index contributed by atoms with van der Waals surface area (Å²) in [5.41, 5.74) is 0. The first-order chi connectivity index (χ1) is 22.5. The van der Waals surface area contributed by atoms with Crippen molar-refractivity contribution >= 4 is 43.1 Å². The molecule has 0 aliphatic carbocycles. The second kappa shape index (κ2) is 16.6. The molecule has 0 saturated heterocycles. The van der Waals surface area contributed by atoms with Crippen LogP contribution in [0.25, 0.3) is 0 Å². The smallest absolute Gasteiger partial charge is 0.250 e. The number of hydrogen-bond donors (Lipinski definition) is 0. The number of sulfone groups is 1. The van der Waals surface area contributed by atoms with Crippen molar-refractivity contribution < 1.29 is 35.6 Å². The molecule has 1 aromatic carbocycles. The van der Waals surface area contributed by atoms with E-state index in [1.165, 1.54) is 5.41 Å². The lowest BCUT2D eigenvalue weighted by Gasteiger charge is -2.51. The van der Waals surface area contributed by atoms with Gasteiger partial charge in [0.2, 0.25) is 18.2 Å². The van der Waals surface area contributed by atoms with Crippen LogP contribution in [0.1, 0.15) is 83.1 Å². The Morgan fingerprint density at radius 1 is 0.569 bits per heavy atom. The summed E-state index contributed by atoms with van der Waals surface area (Å²) in [5, 5.41) is 0.440. The van der Waals surface area contributed by atoms with Gasteiger partial charge in [-0.05, 0) is 84.7 Å². The first-order valence-corrected chi connectivity index (χ1v) is 31.5. The van der Waals surface area contributed by atoms with Gasteiger partial charge in [0.25, 0.3) is 0 Å². The highest BCUT2D eigenvalue weighted by Gasteiger charge is 2.54. The molecule has 0 aliphatic heterocycles. The molecule has 1 rings (SSSR count). The Morgan fingerprint density at radius 3 is 1.27 bits per heavy atom. The predicted octanol–water partition coefficient (Wildman–Crippen LogP) is 11.1. The summed E-state index contributed by atoms with van der Waals surface area (Å²) in [7, 11) is -11.3. The zero-order valence-electron chi connectivity index (χ0n) is 36.4. The molecule has 0 spiro atoms. The fourth-order valence-electron chi connectivity index (χ4n) is 4.19. The molecule has 0 fully saturated rings. The van der Waals surface area contributed by atoms with E-state index in [2.05, 4.69) is 135 Å². The van der Waals surface area contributed by atoms with Gasteiger partial charge >= 0.3 is 0 Å². The maximum absolute atomic E-state index is 14.4. The van der Waals surface area contributed by atoms with Crippen LogP contribution in [-0.2, 0) is 37.0 Å². The van der Waals surface area contributed by atoms with E-state index in [-0.39, 0.29) is 30.8 Å². The van der Waals surface area contributed by atoms with E-state index in [0.717, 1.165) is 0 Å². The summed E-state index contributed by atoms with van der Waals surface area (Å²) in [6.07, 6.45) is -3.48. The fraction of sp³-hybridized carbons (Fsp3) is 0.789. The van der Waals surface area contributed by atoms with Crippen LogP contribution in [0.4, 0.5) is 0 Å². The number of methoxy groups -OCH3 is 2. The third kappa shape index (κ3) is 12.4. The minimum absolute atomic E-state index is 0.165. The van der Waals surface area contributed by atoms with Gasteiger partial charge in [0.15, 0.2) is 31.2 Å². The topological polar surface area (TPSA) is 89.5 Å². The third-order valence-electron chi connectivity index (χ3n) is 11.9. The van der Waals surface area contributed by atoms with Gasteiger partial charge in [-0.1, -0.05) is 101 Å². The summed E-state index contributed by atoms with van der Waals surface area (Å²) in [6.45, 7) is 43.5. The van der Waals surface area contributed by atoms with Crippen LogP contribution in [0.15, 0.2) is 46.4 Å². The standard InChI is InChI=1S/C38H76O8SSi4/c1-35(2,3)48(15,16)43-30(28-47(39,40)29-26-24-23-25-27-29)31(44-49(17,18)36(4,5)6)32(45-50(19,20)37(7,8)9)33(34(41-13)42-14)46-51(21,22)38(10,11)12/h23-28,31-34H,1-22H3/b30-28+/t31-,32-,33-/m0/s1. The van der Waals surface area contributed by atoms with Gasteiger partial charge in [-0.25, -0.2) is 8.42 Å². The molecule has 0 aromatic heterocycles. The second-order valence-electron chi connectivity index (χ2n) is 20.1. The Balaban J connectivity index is 4.61. The van der Waals surface area contributed by atoms with E-state index in [9.17, 15) is 8.42 Å². The normalized spacial score (nSPS) is 17.0. The highest BCUT2D eigenvalue weighted by atomic mass is 32.2. The van der Waals surface area contributed by atoms with Crippen LogP contribution in [0.3, 0.4) is 0 Å². The van der Waals surface area contributed by atoms with Crippen molar-refractivity contribution in [2.75, 3.05) is 14.2 Å². The number of benzene rings is 1. The lowest BCUT2D eigenvalue weighted by atomic mass is 10.1. The van der Waals surface area contributed by atoms with Crippen molar-refractivity contribution in [3.63, 3.8) is 0 Å². The van der Waals surface area contributed by atoms with Crippen LogP contribution >= 0.6 is 0 Å². The summed E-state index contributed by atoms with van der Waals surface area (Å²) >= 11 is 0. The SMILES string of the molecule is COC(OC)[C@@H](O[Si](C)(C)C(C)(C)C)[C@@H](O[Si](C)(C)C(C)(C)C)[C@@H](O[Si](C)(C)C(C)(C)C)/C(=C\S(=O)(=O)c1ccccc1)O[Si](C)(C)C(C)(C)C. The van der Waals surface area contributed by atoms with E-state index in [0.29, 0.717) is 0 Å². The molecule has 8 nitrogen and oxygen atoms in total. The quantitative estimate of drug-likeness (QED) is 0.0927. The predicted molar refractivity (Wildman–Crippen MR) is 224 cm³/mol. The molecule has 0 unspecified atom stereocenters. The average Bonchev–Trinajstić information content (AvgIpc) is 2.92. The minimum atomic E-state index is -4.00. The summed E-state index contributed by atoms with van der Waals surface area (Å²) in [6, 6.07) is 8.48. The van der Waals surface area contributed by atoms with Crippen molar-refractivity contribution in [1.82, 2.24) is 0 Å². The van der Waals surface area contributed by atoms with Crippen LogP contribution in [0, 0.1) is 0 Å². The van der Waals surface area contributed by atoms with Crippen molar-refractivity contribution in [3.8, 4) is 0 Å². The number of rotatable bonds is 16. The van der Waals surface area contributed by atoms with Crippen LogP contribution < -0.4 is 0 Å². The van der Waals surface area contributed by atoms with E-state index < -0.39 is 67.7 Å². The Morgan fingerprint density at radius 2 is 0.922 bits per heavy atom. The van der Waals surface area contributed by atoms with Gasteiger partial charge in [-0.3, -0.25) is 0 Å². The molecule has 13 heteroatoms. The molecule has 0 aliphatic rings. The van der Waals surface area contributed by atoms with Crippen LogP contribution in [0.2, 0.25) is 72.5 Å². The summed E-state index contributed by atoms with van der Waals surface area (Å²) in [5.74, 6) is 0.230. The molecule has 1 aromatic rings. The van der Waals surface area contributed by atoms with Crippen LogP contribution in [0.5, 0.6) is 0 Å². The first kappa shape index (κ1) is 48.4. The largest absolute Gasteiger partial charge is 0.544 e. The molecule has 0 radical (unpaired) electrons. The zero-order chi connectivity index (χ0) is 40.4. The van der Waals surface area contributed by atoms with Gasteiger partial charge < -0.3 is 27.2 Å². The molecule has 0 bridgehead atoms. The maximum Gasteiger partial charge on any atom is 0.250 e. The Kier molecular flexibility index (Phi) is 15.8. The molecule has 3 atom stereocenters. The Hall–Kier alpha value is -0.622. The molecule has 0 amide bonds. The molecule has 0 saturated carbocycles. The monoisotopic (exact) mass is 804 g/mol. The fourth-order valence-corrected chi connectivity index (χ4v) is 10.3. The maximum atomic E-state index is 14.4. The summed E-state index contributed by atoms with van der Waals surface area (Å²) < 4.78 is 70.4. The molecule has 0 N–H and O–H groups in total. The van der Waals surface area contributed by atoms with Crippen molar-refractivity contribution in [2.24, 2.45) is 0 Å². The van der Waals surface area contributed by atoms with E-state index in [1.807, 2.05) is 0 Å². The third-order valence-corrected chi connectivity index (χ3v) is 31.1. The Labute approximate surface area is 318 Å². The van der Waals surface area contributed by atoms with Crippen molar-refractivity contribution in [2.45, 2.75) is 185 Å². The van der Waals surface area contributed by atoms with Gasteiger partial charge in [0.05, 0.1) is 10.3 Å². The van der Waals surface area contributed by atoms with Gasteiger partial charge in [0, 0.05) is 14.2 Å². The van der Waals surface area contributed by atoms with Crippen LogP contribution in [-0.4, -0.2) is 80.5 Å². The molecule has 51 heavy (non-hydrogen) atoms. The highest BCUT2D eigenvalue weighted by molar-refractivity contribution is 7.94. The van der Waals surface area contributed by atoms with Crippen molar-refractivity contribution in [3.05, 3.63) is 41.5 Å². The minimum Gasteiger partial charge on any atom is -0.544 e. The average molecular weight is 805 g/mol. The number of ether oxygens (including phenoxy) is 2. The van der Waals surface area contributed by atoms with E-state index in [4.69, 9.17) is 27.2 Å². The summed E-state index contributed by atoms with van der Waals surface area (Å²) in [4.78, 5) is 0.176.